The number of rotatable bonds is 8. The zero-order chi connectivity index (χ0) is 25.5. The first-order valence-corrected chi connectivity index (χ1v) is 12.1. The van der Waals surface area contributed by atoms with Crippen LogP contribution in [-0.2, 0) is 4.79 Å². The molecule has 0 aliphatic carbocycles. The number of nitrogens with one attached hydrogen (secondary N) is 2. The number of carbonyl (C=O) groups is 2. The van der Waals surface area contributed by atoms with E-state index in [-0.39, 0.29) is 23.0 Å². The number of anilines is 2. The largest absolute Gasteiger partial charge is 0.507 e. The predicted molar refractivity (Wildman–Crippen MR) is 141 cm³/mol. The second-order valence-electron chi connectivity index (χ2n) is 7.86. The first-order valence-electron chi connectivity index (χ1n) is 11.2. The van der Waals surface area contributed by atoms with E-state index >= 15 is 0 Å². The van der Waals surface area contributed by atoms with Crippen molar-refractivity contribution < 1.29 is 14.7 Å². The minimum atomic E-state index is -0.393. The molecule has 0 saturated carbocycles. The SMILES string of the molecule is N#Cc1c(-c2cccc(NC(=O)CCCN)c2)cc(-c2ccccc2O)nc1NC(=O)c1cccs1. The molecule has 0 saturated heterocycles. The summed E-state index contributed by atoms with van der Waals surface area (Å²) in [4.78, 5) is 30.0. The molecule has 9 heteroatoms. The van der Waals surface area contributed by atoms with Crippen LogP contribution in [0, 0.1) is 11.3 Å². The van der Waals surface area contributed by atoms with Crippen LogP contribution in [0.25, 0.3) is 22.4 Å². The maximum atomic E-state index is 12.8. The Labute approximate surface area is 212 Å². The van der Waals surface area contributed by atoms with Gasteiger partial charge >= 0.3 is 0 Å². The van der Waals surface area contributed by atoms with Gasteiger partial charge in [0.1, 0.15) is 17.4 Å². The number of nitrogens with two attached hydrogens (primary N) is 1. The molecular formula is C27H23N5O3S. The maximum absolute atomic E-state index is 12.8. The van der Waals surface area contributed by atoms with Crippen LogP contribution in [0.2, 0.25) is 0 Å². The molecule has 0 bridgehead atoms. The van der Waals surface area contributed by atoms with E-state index in [1.807, 2.05) is 0 Å². The standard InChI is InChI=1S/C27H23N5O3S/c28-12-4-11-25(34)30-18-7-3-6-17(14-18)20-15-22(19-8-1-2-9-23(19)33)31-26(21(20)16-29)32-27(35)24-10-5-13-36-24/h1-3,5-10,13-15,33H,4,11-12,28H2,(H,30,34)(H,31,32,35). The second kappa shape index (κ2) is 11.3. The van der Waals surface area contributed by atoms with Crippen molar-refractivity contribution in [2.24, 2.45) is 5.73 Å². The lowest BCUT2D eigenvalue weighted by molar-refractivity contribution is -0.116. The van der Waals surface area contributed by atoms with Gasteiger partial charge in [0.2, 0.25) is 5.91 Å². The van der Waals surface area contributed by atoms with Crippen LogP contribution in [0.5, 0.6) is 5.75 Å². The van der Waals surface area contributed by atoms with E-state index in [1.165, 1.54) is 17.4 Å². The topological polar surface area (TPSA) is 141 Å². The molecule has 0 aliphatic rings. The van der Waals surface area contributed by atoms with Crippen LogP contribution in [0.3, 0.4) is 0 Å². The average Bonchev–Trinajstić information content (AvgIpc) is 3.43. The summed E-state index contributed by atoms with van der Waals surface area (Å²) in [7, 11) is 0. The Morgan fingerprint density at radius 2 is 1.86 bits per heavy atom. The molecular weight excluding hydrogens is 474 g/mol. The average molecular weight is 498 g/mol. The smallest absolute Gasteiger partial charge is 0.266 e. The van der Waals surface area contributed by atoms with Crippen molar-refractivity contribution in [2.45, 2.75) is 12.8 Å². The van der Waals surface area contributed by atoms with Crippen LogP contribution in [0.15, 0.2) is 72.1 Å². The van der Waals surface area contributed by atoms with Gasteiger partial charge < -0.3 is 21.5 Å². The minimum Gasteiger partial charge on any atom is -0.507 e. The number of phenols is 1. The molecule has 8 nitrogen and oxygen atoms in total. The molecule has 4 aromatic rings. The monoisotopic (exact) mass is 497 g/mol. The van der Waals surface area contributed by atoms with Gasteiger partial charge in [-0.05, 0) is 60.3 Å². The summed E-state index contributed by atoms with van der Waals surface area (Å²) in [5, 5.41) is 27.9. The van der Waals surface area contributed by atoms with Crippen LogP contribution in [0.4, 0.5) is 11.5 Å². The molecule has 2 amide bonds. The third kappa shape index (κ3) is 5.58. The van der Waals surface area contributed by atoms with E-state index in [0.29, 0.717) is 52.3 Å². The fourth-order valence-corrected chi connectivity index (χ4v) is 4.25. The normalized spacial score (nSPS) is 10.4. The number of nitriles is 1. The molecule has 0 atom stereocenters. The number of aromatic hydroxyl groups is 1. The third-order valence-corrected chi connectivity index (χ3v) is 6.22. The number of hydrogen-bond donors (Lipinski definition) is 4. The van der Waals surface area contributed by atoms with Crippen molar-refractivity contribution in [3.05, 3.63) is 82.6 Å². The van der Waals surface area contributed by atoms with E-state index in [4.69, 9.17) is 5.73 Å². The molecule has 0 aliphatic heterocycles. The predicted octanol–water partition coefficient (Wildman–Crippen LogP) is 4.98. The number of aromatic nitrogens is 1. The molecule has 2 heterocycles. The van der Waals surface area contributed by atoms with Crippen molar-refractivity contribution in [1.82, 2.24) is 4.98 Å². The van der Waals surface area contributed by atoms with Gasteiger partial charge in [-0.15, -0.1) is 11.3 Å². The van der Waals surface area contributed by atoms with Gasteiger partial charge in [0.25, 0.3) is 5.91 Å². The lowest BCUT2D eigenvalue weighted by atomic mass is 9.97. The summed E-state index contributed by atoms with van der Waals surface area (Å²) in [6.07, 6.45) is 0.876. The van der Waals surface area contributed by atoms with E-state index in [1.54, 1.807) is 66.0 Å². The van der Waals surface area contributed by atoms with Gasteiger partial charge in [0, 0.05) is 23.2 Å². The minimum absolute atomic E-state index is 0.0112. The highest BCUT2D eigenvalue weighted by atomic mass is 32.1. The molecule has 36 heavy (non-hydrogen) atoms. The highest BCUT2D eigenvalue weighted by molar-refractivity contribution is 7.12. The van der Waals surface area contributed by atoms with Crippen molar-refractivity contribution in [3.63, 3.8) is 0 Å². The van der Waals surface area contributed by atoms with E-state index in [2.05, 4.69) is 21.7 Å². The van der Waals surface area contributed by atoms with Crippen LogP contribution in [-0.4, -0.2) is 28.4 Å². The summed E-state index contributed by atoms with van der Waals surface area (Å²) >= 11 is 1.27. The number of phenolic OH excluding ortho intramolecular Hbond substituents is 1. The molecule has 5 N–H and O–H groups in total. The molecule has 0 unspecified atom stereocenters. The van der Waals surface area contributed by atoms with Crippen LogP contribution < -0.4 is 16.4 Å². The number of benzene rings is 2. The summed E-state index contributed by atoms with van der Waals surface area (Å²) in [5.74, 6) is -0.469. The van der Waals surface area contributed by atoms with Crippen LogP contribution in [0.1, 0.15) is 28.1 Å². The Morgan fingerprint density at radius 3 is 2.58 bits per heavy atom. The summed E-state index contributed by atoms with van der Waals surface area (Å²) < 4.78 is 0. The summed E-state index contributed by atoms with van der Waals surface area (Å²) in [5.41, 5.74) is 8.15. The fourth-order valence-electron chi connectivity index (χ4n) is 3.63. The molecule has 0 fully saturated rings. The summed E-state index contributed by atoms with van der Waals surface area (Å²) in [6, 6.07) is 21.0. The van der Waals surface area contributed by atoms with Crippen molar-refractivity contribution in [3.8, 4) is 34.2 Å². The lowest BCUT2D eigenvalue weighted by Gasteiger charge is -2.15. The van der Waals surface area contributed by atoms with Gasteiger partial charge in [0.15, 0.2) is 5.82 Å². The zero-order valence-corrected chi connectivity index (χ0v) is 20.0. The number of hydrogen-bond acceptors (Lipinski definition) is 7. The fraction of sp³-hybridized carbons (Fsp3) is 0.111. The van der Waals surface area contributed by atoms with Crippen molar-refractivity contribution in [1.29, 1.82) is 5.26 Å². The first-order chi connectivity index (χ1) is 17.5. The number of carbonyl (C=O) groups excluding carboxylic acids is 2. The number of para-hydroxylation sites is 1. The van der Waals surface area contributed by atoms with Crippen LogP contribution >= 0.6 is 11.3 Å². The van der Waals surface area contributed by atoms with Crippen molar-refractivity contribution >= 4 is 34.7 Å². The second-order valence-corrected chi connectivity index (χ2v) is 8.81. The summed E-state index contributed by atoms with van der Waals surface area (Å²) in [6.45, 7) is 0.422. The Morgan fingerprint density at radius 1 is 1.03 bits per heavy atom. The first kappa shape index (κ1) is 24.6. The number of amides is 2. The van der Waals surface area contributed by atoms with E-state index < -0.39 is 5.91 Å². The van der Waals surface area contributed by atoms with E-state index in [9.17, 15) is 20.0 Å². The highest BCUT2D eigenvalue weighted by Gasteiger charge is 2.19. The lowest BCUT2D eigenvalue weighted by Crippen LogP contribution is -2.14. The Hall–Kier alpha value is -4.52. The van der Waals surface area contributed by atoms with Gasteiger partial charge in [0.05, 0.1) is 10.6 Å². The molecule has 180 valence electrons. The molecule has 4 rings (SSSR count). The number of nitrogens with zero attached hydrogens (tertiary/aromatic N) is 2. The highest BCUT2D eigenvalue weighted by Crippen LogP contribution is 2.36. The zero-order valence-electron chi connectivity index (χ0n) is 19.2. The quantitative estimate of drug-likeness (QED) is 0.270. The van der Waals surface area contributed by atoms with E-state index in [0.717, 1.165) is 0 Å². The van der Waals surface area contributed by atoms with Gasteiger partial charge in [-0.2, -0.15) is 5.26 Å². The number of pyridine rings is 1. The molecule has 0 radical (unpaired) electrons. The molecule has 0 spiro atoms. The third-order valence-electron chi connectivity index (χ3n) is 5.35. The van der Waals surface area contributed by atoms with Crippen molar-refractivity contribution in [2.75, 3.05) is 17.2 Å². The van der Waals surface area contributed by atoms with Gasteiger partial charge in [-0.1, -0.05) is 30.3 Å². The van der Waals surface area contributed by atoms with Gasteiger partial charge in [-0.3, -0.25) is 9.59 Å². The van der Waals surface area contributed by atoms with Gasteiger partial charge in [-0.25, -0.2) is 4.98 Å². The molecule has 2 aromatic heterocycles. The number of thiophene rings is 1. The molecule has 2 aromatic carbocycles. The Balaban J connectivity index is 1.82. The Kier molecular flexibility index (Phi) is 7.70. The maximum Gasteiger partial charge on any atom is 0.266 e. The Bertz CT molecular complexity index is 1440.